The van der Waals surface area contributed by atoms with Crippen LogP contribution in [0.2, 0.25) is 0 Å². The predicted octanol–water partition coefficient (Wildman–Crippen LogP) is 4.16. The maximum Gasteiger partial charge on any atom is 0.111 e. The summed E-state index contributed by atoms with van der Waals surface area (Å²) in [6, 6.07) is 2.42. The molecule has 104 valence electrons. The third-order valence-electron chi connectivity index (χ3n) is 3.27. The van der Waals surface area contributed by atoms with E-state index < -0.39 is 0 Å². The smallest absolute Gasteiger partial charge is 0.111 e. The summed E-state index contributed by atoms with van der Waals surface area (Å²) in [5.74, 6) is 1.49. The largest absolute Gasteiger partial charge is 0.326 e. The van der Waals surface area contributed by atoms with Gasteiger partial charge >= 0.3 is 0 Å². The van der Waals surface area contributed by atoms with Crippen molar-refractivity contribution in [2.45, 2.75) is 45.2 Å². The van der Waals surface area contributed by atoms with Crippen molar-refractivity contribution in [3.05, 3.63) is 39.0 Å². The SMILES string of the molecule is CCC(N)C(c1cc(Br)cs1)n1ccnc1C(C)C. The fraction of sp³-hybridized carbons (Fsp3) is 0.500. The molecule has 0 saturated carbocycles. The molecule has 2 atom stereocenters. The molecule has 0 fully saturated rings. The fourth-order valence-corrected chi connectivity index (χ4v) is 3.89. The van der Waals surface area contributed by atoms with E-state index in [4.69, 9.17) is 5.73 Å². The molecule has 3 nitrogen and oxygen atoms in total. The van der Waals surface area contributed by atoms with Gasteiger partial charge in [0.2, 0.25) is 0 Å². The second-order valence-electron chi connectivity index (χ2n) is 5.03. The van der Waals surface area contributed by atoms with Crippen molar-refractivity contribution in [1.82, 2.24) is 9.55 Å². The van der Waals surface area contributed by atoms with E-state index >= 15 is 0 Å². The topological polar surface area (TPSA) is 43.8 Å². The molecule has 0 bridgehead atoms. The Morgan fingerprint density at radius 1 is 1.47 bits per heavy atom. The minimum Gasteiger partial charge on any atom is -0.326 e. The third kappa shape index (κ3) is 3.09. The Labute approximate surface area is 127 Å². The van der Waals surface area contributed by atoms with E-state index in [1.165, 1.54) is 4.88 Å². The molecule has 2 aromatic heterocycles. The summed E-state index contributed by atoms with van der Waals surface area (Å²) < 4.78 is 3.35. The quantitative estimate of drug-likeness (QED) is 0.887. The molecular formula is C14H20BrN3S. The van der Waals surface area contributed by atoms with Gasteiger partial charge in [-0.25, -0.2) is 4.98 Å². The zero-order valence-electron chi connectivity index (χ0n) is 11.5. The number of imidazole rings is 1. The van der Waals surface area contributed by atoms with Crippen molar-refractivity contribution in [3.63, 3.8) is 0 Å². The first-order valence-corrected chi connectivity index (χ1v) is 8.24. The Morgan fingerprint density at radius 3 is 2.74 bits per heavy atom. The molecule has 0 aliphatic heterocycles. The lowest BCUT2D eigenvalue weighted by molar-refractivity contribution is 0.445. The highest BCUT2D eigenvalue weighted by molar-refractivity contribution is 9.10. The van der Waals surface area contributed by atoms with Crippen LogP contribution in [0.3, 0.4) is 0 Å². The van der Waals surface area contributed by atoms with E-state index in [0.29, 0.717) is 5.92 Å². The normalized spacial score (nSPS) is 14.8. The summed E-state index contributed by atoms with van der Waals surface area (Å²) in [5, 5.41) is 2.11. The molecule has 2 heterocycles. The van der Waals surface area contributed by atoms with E-state index in [9.17, 15) is 0 Å². The van der Waals surface area contributed by atoms with E-state index in [0.717, 1.165) is 16.7 Å². The summed E-state index contributed by atoms with van der Waals surface area (Å²) in [6.45, 7) is 6.46. The highest BCUT2D eigenvalue weighted by atomic mass is 79.9. The van der Waals surface area contributed by atoms with Gasteiger partial charge in [-0.15, -0.1) is 11.3 Å². The predicted molar refractivity (Wildman–Crippen MR) is 84.7 cm³/mol. The van der Waals surface area contributed by atoms with E-state index in [2.05, 4.69) is 57.7 Å². The molecule has 2 unspecified atom stereocenters. The van der Waals surface area contributed by atoms with Gasteiger partial charge in [-0.05, 0) is 28.4 Å². The number of halogens is 1. The van der Waals surface area contributed by atoms with Crippen LogP contribution in [0.4, 0.5) is 0 Å². The van der Waals surface area contributed by atoms with Crippen LogP contribution in [0.5, 0.6) is 0 Å². The van der Waals surface area contributed by atoms with Crippen LogP contribution in [0.15, 0.2) is 28.3 Å². The van der Waals surface area contributed by atoms with Crippen LogP contribution < -0.4 is 5.73 Å². The number of aromatic nitrogens is 2. The van der Waals surface area contributed by atoms with Crippen LogP contribution in [0.25, 0.3) is 0 Å². The van der Waals surface area contributed by atoms with Gasteiger partial charge in [0, 0.05) is 39.1 Å². The highest BCUT2D eigenvalue weighted by Crippen LogP contribution is 2.32. The minimum atomic E-state index is 0.0947. The molecule has 19 heavy (non-hydrogen) atoms. The summed E-state index contributed by atoms with van der Waals surface area (Å²) in [6.07, 6.45) is 4.85. The van der Waals surface area contributed by atoms with Crippen molar-refractivity contribution in [3.8, 4) is 0 Å². The Balaban J connectivity index is 2.46. The van der Waals surface area contributed by atoms with E-state index in [1.54, 1.807) is 11.3 Å². The van der Waals surface area contributed by atoms with Crippen molar-refractivity contribution < 1.29 is 0 Å². The molecule has 0 radical (unpaired) electrons. The van der Waals surface area contributed by atoms with Gasteiger partial charge < -0.3 is 10.3 Å². The first-order valence-electron chi connectivity index (χ1n) is 6.56. The minimum absolute atomic E-state index is 0.0947. The zero-order chi connectivity index (χ0) is 14.0. The van der Waals surface area contributed by atoms with Crippen molar-refractivity contribution in [2.75, 3.05) is 0 Å². The lowest BCUT2D eigenvalue weighted by Gasteiger charge is -2.26. The molecule has 0 saturated heterocycles. The van der Waals surface area contributed by atoms with Gasteiger partial charge in [0.15, 0.2) is 0 Å². The van der Waals surface area contributed by atoms with Gasteiger partial charge in [-0.3, -0.25) is 0 Å². The van der Waals surface area contributed by atoms with Crippen LogP contribution in [-0.2, 0) is 0 Å². The summed E-state index contributed by atoms with van der Waals surface area (Å²) in [5.41, 5.74) is 6.36. The number of hydrogen-bond donors (Lipinski definition) is 1. The van der Waals surface area contributed by atoms with Crippen molar-refractivity contribution >= 4 is 27.3 Å². The van der Waals surface area contributed by atoms with Gasteiger partial charge in [-0.1, -0.05) is 20.8 Å². The number of rotatable bonds is 5. The first-order chi connectivity index (χ1) is 9.04. The first kappa shape index (κ1) is 14.8. The van der Waals surface area contributed by atoms with Crippen LogP contribution in [-0.4, -0.2) is 15.6 Å². The van der Waals surface area contributed by atoms with Crippen LogP contribution in [0.1, 0.15) is 49.9 Å². The summed E-state index contributed by atoms with van der Waals surface area (Å²) in [7, 11) is 0. The Kier molecular flexibility index (Phi) is 4.81. The third-order valence-corrected chi connectivity index (χ3v) is 5.04. The lowest BCUT2D eigenvalue weighted by Crippen LogP contribution is -2.32. The monoisotopic (exact) mass is 341 g/mol. The Hall–Kier alpha value is -0.650. The maximum atomic E-state index is 6.36. The molecule has 0 aromatic carbocycles. The number of nitrogens with zero attached hydrogens (tertiary/aromatic N) is 2. The van der Waals surface area contributed by atoms with E-state index in [-0.39, 0.29) is 12.1 Å². The molecule has 2 aromatic rings. The Morgan fingerprint density at radius 2 is 2.21 bits per heavy atom. The standard InChI is InChI=1S/C14H20BrN3S/c1-4-11(16)13(12-7-10(15)8-19-12)18-6-5-17-14(18)9(2)3/h5-9,11,13H,4,16H2,1-3H3. The summed E-state index contributed by atoms with van der Waals surface area (Å²) in [4.78, 5) is 5.76. The summed E-state index contributed by atoms with van der Waals surface area (Å²) >= 11 is 5.27. The van der Waals surface area contributed by atoms with Gasteiger partial charge in [-0.2, -0.15) is 0 Å². The van der Waals surface area contributed by atoms with Crippen LogP contribution >= 0.6 is 27.3 Å². The molecule has 5 heteroatoms. The number of hydrogen-bond acceptors (Lipinski definition) is 3. The molecule has 2 rings (SSSR count). The van der Waals surface area contributed by atoms with Crippen molar-refractivity contribution in [1.29, 1.82) is 0 Å². The average Bonchev–Trinajstić information content (AvgIpc) is 2.99. The van der Waals surface area contributed by atoms with Gasteiger partial charge in [0.05, 0.1) is 6.04 Å². The zero-order valence-corrected chi connectivity index (χ0v) is 13.9. The Bertz CT molecular complexity index is 532. The molecule has 0 amide bonds. The van der Waals surface area contributed by atoms with E-state index in [1.807, 2.05) is 12.4 Å². The van der Waals surface area contributed by atoms with Gasteiger partial charge in [0.25, 0.3) is 0 Å². The molecule has 2 N–H and O–H groups in total. The second-order valence-corrected chi connectivity index (χ2v) is 6.89. The maximum absolute atomic E-state index is 6.36. The number of thiophene rings is 1. The molecule has 0 spiro atoms. The molecular weight excluding hydrogens is 322 g/mol. The average molecular weight is 342 g/mol. The molecule has 0 aliphatic carbocycles. The second kappa shape index (κ2) is 6.20. The molecule has 0 aliphatic rings. The number of nitrogens with two attached hydrogens (primary N) is 1. The van der Waals surface area contributed by atoms with Crippen LogP contribution in [0, 0.1) is 0 Å². The fourth-order valence-electron chi connectivity index (χ4n) is 2.27. The van der Waals surface area contributed by atoms with Crippen molar-refractivity contribution in [2.24, 2.45) is 5.73 Å². The highest BCUT2D eigenvalue weighted by Gasteiger charge is 2.24. The van der Waals surface area contributed by atoms with Gasteiger partial charge in [0.1, 0.15) is 5.82 Å². The lowest BCUT2D eigenvalue weighted by atomic mass is 10.0.